The quantitative estimate of drug-likeness (QED) is 0.0156. The van der Waals surface area contributed by atoms with Gasteiger partial charge in [0.1, 0.15) is 19.3 Å². The van der Waals surface area contributed by atoms with E-state index in [9.17, 15) is 19.0 Å². The predicted molar refractivity (Wildman–Crippen MR) is 318 cm³/mol. The highest BCUT2D eigenvalue weighted by Gasteiger charge is 2.30. The molecule has 9 nitrogen and oxygen atoms in total. The van der Waals surface area contributed by atoms with Crippen molar-refractivity contribution >= 4 is 19.7 Å². The van der Waals surface area contributed by atoms with E-state index in [0.717, 1.165) is 83.5 Å². The maximum absolute atomic E-state index is 13.5. The number of hydrogen-bond acceptors (Lipinski definition) is 6. The fourth-order valence-corrected chi connectivity index (χ4v) is 9.58. The molecule has 0 spiro atoms. The third-order valence-electron chi connectivity index (χ3n) is 13.7. The summed E-state index contributed by atoms with van der Waals surface area (Å²) in [6.45, 7) is 6.96. The first-order valence-electron chi connectivity index (χ1n) is 31.1. The molecule has 10 heteroatoms. The molecular weight excluding hydrogens is 940 g/mol. The van der Waals surface area contributed by atoms with E-state index in [1.807, 2.05) is 33.3 Å². The summed E-state index contributed by atoms with van der Waals surface area (Å²) in [5.74, 6) is -0.516. The molecule has 2 N–H and O–H groups in total. The van der Waals surface area contributed by atoms with E-state index < -0.39 is 20.0 Å². The summed E-state index contributed by atoms with van der Waals surface area (Å²) in [6, 6.07) is -0.855. The molecule has 3 unspecified atom stereocenters. The molecule has 0 saturated carbocycles. The summed E-state index contributed by atoms with van der Waals surface area (Å²) < 4.78 is 30.7. The van der Waals surface area contributed by atoms with E-state index in [1.54, 1.807) is 0 Å². The Balaban J connectivity index is 5.23. The van der Waals surface area contributed by atoms with E-state index in [0.29, 0.717) is 17.4 Å². The van der Waals surface area contributed by atoms with Crippen molar-refractivity contribution < 1.29 is 37.3 Å². The number of nitrogens with one attached hydrogen (secondary N) is 1. The second kappa shape index (κ2) is 54.1. The summed E-state index contributed by atoms with van der Waals surface area (Å²) in [4.78, 5) is 37.7. The van der Waals surface area contributed by atoms with Gasteiger partial charge in [0.25, 0.3) is 0 Å². The van der Waals surface area contributed by atoms with Gasteiger partial charge in [-0.2, -0.15) is 0 Å². The summed E-state index contributed by atoms with van der Waals surface area (Å²) in [7, 11) is 1.49. The van der Waals surface area contributed by atoms with Crippen LogP contribution < -0.4 is 5.32 Å². The van der Waals surface area contributed by atoms with Crippen molar-refractivity contribution in [3.63, 3.8) is 0 Å². The molecule has 0 radical (unpaired) electrons. The van der Waals surface area contributed by atoms with E-state index in [2.05, 4.69) is 74.7 Å². The van der Waals surface area contributed by atoms with Crippen LogP contribution in [0.3, 0.4) is 0 Å². The number of unbranched alkanes of at least 4 members (excludes halogenated alkanes) is 33. The van der Waals surface area contributed by atoms with Crippen LogP contribution in [0.25, 0.3) is 0 Å². The van der Waals surface area contributed by atoms with Gasteiger partial charge in [-0.05, 0) is 89.5 Å². The molecule has 0 aromatic rings. The van der Waals surface area contributed by atoms with Crippen molar-refractivity contribution in [2.45, 2.75) is 296 Å². The molecule has 0 aromatic carbocycles. The summed E-state index contributed by atoms with van der Waals surface area (Å²) in [6.07, 6.45) is 67.8. The van der Waals surface area contributed by atoms with Crippen LogP contribution in [0.5, 0.6) is 0 Å². The Bertz CT molecular complexity index is 1450. The van der Waals surface area contributed by atoms with E-state index >= 15 is 0 Å². The van der Waals surface area contributed by atoms with Crippen LogP contribution in [0.4, 0.5) is 0 Å². The lowest BCUT2D eigenvalue weighted by atomic mass is 10.0. The molecule has 0 rings (SSSR count). The van der Waals surface area contributed by atoms with Gasteiger partial charge in [-0.25, -0.2) is 4.57 Å². The van der Waals surface area contributed by atoms with Gasteiger partial charge in [0, 0.05) is 12.8 Å². The summed E-state index contributed by atoms with van der Waals surface area (Å²) in [5.41, 5.74) is 0. The Hall–Kier alpha value is -2.29. The van der Waals surface area contributed by atoms with Gasteiger partial charge in [-0.1, -0.05) is 242 Å². The molecular formula is C64H120N2O7P+. The lowest BCUT2D eigenvalue weighted by Gasteiger charge is -2.27. The minimum absolute atomic E-state index is 0.0367. The molecule has 1 amide bonds. The average molecular weight is 1060 g/mol. The van der Waals surface area contributed by atoms with Gasteiger partial charge < -0.3 is 19.4 Å². The fraction of sp³-hybridized carbons (Fsp3) is 0.812. The molecule has 432 valence electrons. The number of hydrogen-bond donors (Lipinski definition) is 2. The number of allylic oxidation sites excluding steroid dienone is 9. The van der Waals surface area contributed by atoms with Crippen molar-refractivity contribution in [2.75, 3.05) is 40.9 Å². The highest BCUT2D eigenvalue weighted by molar-refractivity contribution is 7.47. The van der Waals surface area contributed by atoms with Crippen molar-refractivity contribution in [1.29, 1.82) is 0 Å². The number of amides is 1. The number of likely N-dealkylation sites (N-methyl/N-ethyl adjacent to an activating group) is 1. The number of carbonyl (C=O) groups excluding carboxylic acids is 2. The van der Waals surface area contributed by atoms with Gasteiger partial charge in [-0.3, -0.25) is 18.6 Å². The number of esters is 1. The predicted octanol–water partition coefficient (Wildman–Crippen LogP) is 19.1. The van der Waals surface area contributed by atoms with Crippen LogP contribution in [0, 0.1) is 0 Å². The number of nitrogens with zero attached hydrogens (tertiary/aromatic N) is 1. The molecule has 3 atom stereocenters. The van der Waals surface area contributed by atoms with Crippen molar-refractivity contribution in [3.8, 4) is 0 Å². The minimum Gasteiger partial charge on any atom is -0.456 e. The number of quaternary nitrogens is 1. The first-order chi connectivity index (χ1) is 35.9. The Morgan fingerprint density at radius 3 is 1.32 bits per heavy atom. The first kappa shape index (κ1) is 71.7. The third kappa shape index (κ3) is 54.5. The fourth-order valence-electron chi connectivity index (χ4n) is 8.84. The number of ether oxygens (including phenoxy) is 1. The molecule has 0 aromatic heterocycles. The van der Waals surface area contributed by atoms with Gasteiger partial charge in [0.05, 0.1) is 33.8 Å². The first-order valence-corrected chi connectivity index (χ1v) is 32.6. The van der Waals surface area contributed by atoms with Crippen LogP contribution in [0.2, 0.25) is 0 Å². The normalized spacial score (nSPS) is 14.1. The molecule has 0 aliphatic heterocycles. The minimum atomic E-state index is -4.45. The van der Waals surface area contributed by atoms with E-state index in [1.165, 1.54) is 167 Å². The number of phosphoric ester groups is 1. The molecule has 0 heterocycles. The van der Waals surface area contributed by atoms with Gasteiger partial charge in [0.15, 0.2) is 0 Å². The molecule has 0 aliphatic rings. The maximum Gasteiger partial charge on any atom is 0.472 e. The van der Waals surface area contributed by atoms with E-state index in [-0.39, 0.29) is 31.5 Å². The monoisotopic (exact) mass is 1060 g/mol. The largest absolute Gasteiger partial charge is 0.472 e. The van der Waals surface area contributed by atoms with Crippen LogP contribution in [-0.2, 0) is 27.9 Å². The Kier molecular flexibility index (Phi) is 52.4. The number of rotatable bonds is 56. The highest BCUT2D eigenvalue weighted by Crippen LogP contribution is 2.43. The second-order valence-electron chi connectivity index (χ2n) is 22.3. The molecule has 74 heavy (non-hydrogen) atoms. The summed E-state index contributed by atoms with van der Waals surface area (Å²) in [5, 5.41) is 3.05. The molecule has 0 fully saturated rings. The standard InChI is InChI=1S/C64H119N2O7P/c1-7-10-13-16-19-22-25-28-30-31-32-33-34-35-37-39-42-45-48-51-54-57-64(68)73-62(55-52-49-46-43-40-27-24-21-18-15-12-9-3)61(60-72-74(69,70)71-59-58-66(4,5)6)65-63(67)56-53-50-47-44-41-38-36-29-26-23-20-17-14-11-8-2/h19-20,22-23,26,28-30,52,55,61-62H,7-18,21,24-25,27,31-51,53-54,56-60H2,1-6H3,(H-,65,67,69,70)/p+1/b22-19-,23-20+,29-26+,30-28-,55-52-. The van der Waals surface area contributed by atoms with Gasteiger partial charge >= 0.3 is 13.8 Å². The number of carbonyl (C=O) groups is 2. The van der Waals surface area contributed by atoms with Gasteiger partial charge in [-0.15, -0.1) is 0 Å². The molecule has 0 aliphatic carbocycles. The zero-order valence-electron chi connectivity index (χ0n) is 49.3. The van der Waals surface area contributed by atoms with Gasteiger partial charge in [0.2, 0.25) is 5.91 Å². The van der Waals surface area contributed by atoms with Crippen LogP contribution >= 0.6 is 7.82 Å². The van der Waals surface area contributed by atoms with Crippen LogP contribution in [-0.4, -0.2) is 74.3 Å². The Labute approximate surface area is 458 Å². The summed E-state index contributed by atoms with van der Waals surface area (Å²) >= 11 is 0. The topological polar surface area (TPSA) is 111 Å². The molecule has 0 bridgehead atoms. The smallest absolute Gasteiger partial charge is 0.456 e. The average Bonchev–Trinajstić information content (AvgIpc) is 3.36. The zero-order valence-corrected chi connectivity index (χ0v) is 50.2. The third-order valence-corrected chi connectivity index (χ3v) is 14.7. The number of phosphoric acid groups is 1. The van der Waals surface area contributed by atoms with Crippen molar-refractivity contribution in [1.82, 2.24) is 5.32 Å². The maximum atomic E-state index is 13.5. The van der Waals surface area contributed by atoms with Crippen LogP contribution in [0.1, 0.15) is 284 Å². The highest BCUT2D eigenvalue weighted by atomic mass is 31.2. The van der Waals surface area contributed by atoms with Crippen LogP contribution in [0.15, 0.2) is 60.8 Å². The lowest BCUT2D eigenvalue weighted by Crippen LogP contribution is -2.47. The van der Waals surface area contributed by atoms with E-state index in [4.69, 9.17) is 13.8 Å². The SMILES string of the molecule is CCCCC/C=C\C/C=C\CCCCCCCCCCCCCC(=O)OC(/C=C\CCCCCCCCCCCC)C(COP(=O)(O)OCC[N+](C)(C)C)NC(=O)CCCCCCCC/C=C/C=C/CCCCC. The molecule has 0 saturated heterocycles. The zero-order chi connectivity index (χ0) is 54.3. The Morgan fingerprint density at radius 1 is 0.486 bits per heavy atom. The van der Waals surface area contributed by atoms with Crippen molar-refractivity contribution in [3.05, 3.63) is 60.8 Å². The van der Waals surface area contributed by atoms with Crippen molar-refractivity contribution in [2.24, 2.45) is 0 Å². The second-order valence-corrected chi connectivity index (χ2v) is 23.7. The Morgan fingerprint density at radius 2 is 0.865 bits per heavy atom. The lowest BCUT2D eigenvalue weighted by molar-refractivity contribution is -0.870.